The zero-order chi connectivity index (χ0) is 22.8. The summed E-state index contributed by atoms with van der Waals surface area (Å²) in [6, 6.07) is 0. The van der Waals surface area contributed by atoms with E-state index in [0.29, 0.717) is 13.2 Å². The third-order valence-electron chi connectivity index (χ3n) is 4.66. The molecule has 0 N–H and O–H groups in total. The van der Waals surface area contributed by atoms with Crippen molar-refractivity contribution in [3.05, 3.63) is 24.3 Å². The molecular weight excluding hydrogens is 400 g/mol. The fourth-order valence-electron chi connectivity index (χ4n) is 3.37. The maximum Gasteiger partial charge on any atom is 0.202 e. The van der Waals surface area contributed by atoms with E-state index in [1.165, 1.54) is 0 Å². The normalized spacial score (nSPS) is 16.9. The van der Waals surface area contributed by atoms with Crippen LogP contribution in [0.15, 0.2) is 24.3 Å². The van der Waals surface area contributed by atoms with Crippen molar-refractivity contribution >= 4 is 16.6 Å². The minimum atomic E-state index is -2.15. The van der Waals surface area contributed by atoms with E-state index in [2.05, 4.69) is 53.2 Å². The molecule has 4 unspecified atom stereocenters. The Bertz CT molecular complexity index is 463. The van der Waals surface area contributed by atoms with E-state index < -0.39 is 16.6 Å². The third kappa shape index (κ3) is 11.6. The molecule has 4 atom stereocenters. The molecule has 0 saturated heterocycles. The molecule has 7 heteroatoms. The van der Waals surface area contributed by atoms with E-state index in [1.54, 1.807) is 0 Å². The van der Waals surface area contributed by atoms with Gasteiger partial charge in [0.2, 0.25) is 16.6 Å². The summed E-state index contributed by atoms with van der Waals surface area (Å²) in [7, 11) is -4.30. The molecule has 29 heavy (non-hydrogen) atoms. The number of hydrogen-bond acceptors (Lipinski definition) is 5. The molecule has 0 bridgehead atoms. The smallest absolute Gasteiger partial charge is 0.202 e. The lowest BCUT2D eigenvalue weighted by atomic mass is 10.4. The highest BCUT2D eigenvalue weighted by Gasteiger charge is 2.44. The van der Waals surface area contributed by atoms with Crippen LogP contribution in [0.4, 0.5) is 0 Å². The van der Waals surface area contributed by atoms with Crippen molar-refractivity contribution in [1.29, 1.82) is 0 Å². The molecule has 0 aliphatic heterocycles. The lowest BCUT2D eigenvalue weighted by Gasteiger charge is -2.42. The van der Waals surface area contributed by atoms with Crippen molar-refractivity contribution in [2.24, 2.45) is 0 Å². The second kappa shape index (κ2) is 13.2. The quantitative estimate of drug-likeness (QED) is 0.166. The first-order chi connectivity index (χ1) is 13.2. The zero-order valence-corrected chi connectivity index (χ0v) is 22.6. The van der Waals surface area contributed by atoms with Gasteiger partial charge in [0.05, 0.1) is 24.7 Å². The van der Waals surface area contributed by atoms with E-state index in [9.17, 15) is 0 Å². The van der Waals surface area contributed by atoms with Gasteiger partial charge in [0, 0.05) is 0 Å². The van der Waals surface area contributed by atoms with E-state index in [-0.39, 0.29) is 24.0 Å². The Labute approximate surface area is 182 Å². The van der Waals surface area contributed by atoms with Crippen LogP contribution in [-0.2, 0) is 23.1 Å². The summed E-state index contributed by atoms with van der Waals surface area (Å²) < 4.78 is 30.8. The SMILES string of the molecule is C=C(C)COC(C)OC(CC)[Si](C)(C)O[Si](C)(C)C(CC)OC(C)OCC(=C)C. The highest BCUT2D eigenvalue weighted by molar-refractivity contribution is 6.86. The van der Waals surface area contributed by atoms with Gasteiger partial charge in [-0.05, 0) is 66.7 Å². The maximum absolute atomic E-state index is 6.87. The van der Waals surface area contributed by atoms with E-state index in [0.717, 1.165) is 24.0 Å². The number of ether oxygens (including phenoxy) is 4. The van der Waals surface area contributed by atoms with Crippen molar-refractivity contribution in [2.75, 3.05) is 13.2 Å². The van der Waals surface area contributed by atoms with Crippen LogP contribution >= 0.6 is 0 Å². The monoisotopic (exact) mass is 446 g/mol. The molecule has 0 aromatic carbocycles. The van der Waals surface area contributed by atoms with Gasteiger partial charge < -0.3 is 23.1 Å². The molecule has 0 saturated carbocycles. The molecule has 0 aromatic heterocycles. The van der Waals surface area contributed by atoms with Gasteiger partial charge in [-0.1, -0.05) is 38.2 Å². The summed E-state index contributed by atoms with van der Waals surface area (Å²) in [6.45, 7) is 29.8. The molecule has 0 aliphatic rings. The van der Waals surface area contributed by atoms with Crippen LogP contribution in [0, 0.1) is 0 Å². The summed E-state index contributed by atoms with van der Waals surface area (Å²) in [5.74, 6) is 0. The summed E-state index contributed by atoms with van der Waals surface area (Å²) in [5, 5.41) is 0. The molecule has 0 rings (SSSR count). The van der Waals surface area contributed by atoms with Crippen LogP contribution < -0.4 is 0 Å². The molecule has 0 aliphatic carbocycles. The Morgan fingerprint density at radius 1 is 0.724 bits per heavy atom. The summed E-state index contributed by atoms with van der Waals surface area (Å²) in [4.78, 5) is 0. The van der Waals surface area contributed by atoms with Gasteiger partial charge in [-0.15, -0.1) is 0 Å². The van der Waals surface area contributed by atoms with Gasteiger partial charge in [-0.3, -0.25) is 0 Å². The molecule has 0 aromatic rings. The lowest BCUT2D eigenvalue weighted by molar-refractivity contribution is -0.143. The third-order valence-corrected chi connectivity index (χ3v) is 13.1. The maximum atomic E-state index is 6.87. The van der Waals surface area contributed by atoms with Crippen LogP contribution in [-0.4, -0.2) is 53.9 Å². The zero-order valence-electron chi connectivity index (χ0n) is 20.6. The van der Waals surface area contributed by atoms with E-state index >= 15 is 0 Å². The van der Waals surface area contributed by atoms with Crippen LogP contribution in [0.5, 0.6) is 0 Å². The van der Waals surface area contributed by atoms with Gasteiger partial charge >= 0.3 is 0 Å². The first-order valence-corrected chi connectivity index (χ1v) is 16.7. The average molecular weight is 447 g/mol. The van der Waals surface area contributed by atoms with Crippen LogP contribution in [0.25, 0.3) is 0 Å². The van der Waals surface area contributed by atoms with Gasteiger partial charge in [-0.25, -0.2) is 0 Å². The number of hydrogen-bond donors (Lipinski definition) is 0. The second-order valence-electron chi connectivity index (χ2n) is 9.05. The standard InChI is InChI=1S/C22H46O5Si2/c1-13-21(25-19(7)23-15-17(3)4)28(9,10)27-29(11,12)22(14-2)26-20(8)24-16-18(5)6/h19-22H,3,5,13-16H2,1-2,4,6-12H3. The van der Waals surface area contributed by atoms with Crippen molar-refractivity contribution in [1.82, 2.24) is 0 Å². The van der Waals surface area contributed by atoms with Crippen LogP contribution in [0.3, 0.4) is 0 Å². The number of rotatable bonds is 16. The van der Waals surface area contributed by atoms with Crippen LogP contribution in [0.1, 0.15) is 54.4 Å². The summed E-state index contributed by atoms with van der Waals surface area (Å²) in [5.41, 5.74) is 2.06. The molecule has 0 spiro atoms. The molecule has 0 heterocycles. The minimum Gasteiger partial charge on any atom is -0.452 e. The topological polar surface area (TPSA) is 46.2 Å². The van der Waals surface area contributed by atoms with Gasteiger partial charge in [0.25, 0.3) is 0 Å². The highest BCUT2D eigenvalue weighted by atomic mass is 28.4. The molecule has 0 amide bonds. The summed E-state index contributed by atoms with van der Waals surface area (Å²) in [6.07, 6.45) is 1.21. The Hall–Kier alpha value is -0.286. The second-order valence-corrected chi connectivity index (χ2v) is 17.6. The predicted molar refractivity (Wildman–Crippen MR) is 127 cm³/mol. The first kappa shape index (κ1) is 28.7. The predicted octanol–water partition coefficient (Wildman–Crippen LogP) is 5.96. The minimum absolute atomic E-state index is 0.0454. The van der Waals surface area contributed by atoms with Crippen molar-refractivity contribution < 1.29 is 23.1 Å². The molecule has 0 fully saturated rings. The van der Waals surface area contributed by atoms with Crippen LogP contribution in [0.2, 0.25) is 26.2 Å². The van der Waals surface area contributed by atoms with Gasteiger partial charge in [0.1, 0.15) is 0 Å². The van der Waals surface area contributed by atoms with Gasteiger partial charge in [0.15, 0.2) is 12.6 Å². The molecule has 172 valence electrons. The Balaban J connectivity index is 5.05. The van der Waals surface area contributed by atoms with Crippen molar-refractivity contribution in [2.45, 2.75) is 105 Å². The van der Waals surface area contributed by atoms with Crippen molar-refractivity contribution in [3.63, 3.8) is 0 Å². The molecular formula is C22H46O5Si2. The average Bonchev–Trinajstić information content (AvgIpc) is 2.59. The van der Waals surface area contributed by atoms with E-state index in [1.807, 2.05) is 27.7 Å². The van der Waals surface area contributed by atoms with E-state index in [4.69, 9.17) is 23.1 Å². The molecule has 5 nitrogen and oxygen atoms in total. The Kier molecular flexibility index (Phi) is 13.1. The molecule has 0 radical (unpaired) electrons. The fraction of sp³-hybridized carbons (Fsp3) is 0.818. The summed E-state index contributed by atoms with van der Waals surface area (Å²) >= 11 is 0. The highest BCUT2D eigenvalue weighted by Crippen LogP contribution is 2.28. The lowest BCUT2D eigenvalue weighted by Crippen LogP contribution is -2.59. The Morgan fingerprint density at radius 3 is 1.28 bits per heavy atom. The Morgan fingerprint density at radius 2 is 1.03 bits per heavy atom. The van der Waals surface area contributed by atoms with Gasteiger partial charge in [-0.2, -0.15) is 0 Å². The van der Waals surface area contributed by atoms with Crippen molar-refractivity contribution in [3.8, 4) is 0 Å². The largest absolute Gasteiger partial charge is 0.452 e. The fourth-order valence-corrected chi connectivity index (χ4v) is 12.9. The first-order valence-electron chi connectivity index (χ1n) is 10.8.